The average Bonchev–Trinajstić information content (AvgIpc) is 3.39. The molecular weight excluding hydrogens is 314 g/mol. The Labute approximate surface area is 149 Å². The third-order valence-electron chi connectivity index (χ3n) is 4.29. The van der Waals surface area contributed by atoms with Crippen LogP contribution in [0, 0.1) is 23.7 Å². The Balaban J connectivity index is 2.01. The summed E-state index contributed by atoms with van der Waals surface area (Å²) < 4.78 is 0. The molecule has 1 aliphatic carbocycles. The maximum Gasteiger partial charge on any atom is 0.163 e. The predicted octanol–water partition coefficient (Wildman–Crippen LogP) is 2.60. The highest BCUT2D eigenvalue weighted by Gasteiger charge is 2.33. The van der Waals surface area contributed by atoms with Crippen molar-refractivity contribution in [3.05, 3.63) is 41.5 Å². The largest absolute Gasteiger partial charge is 0.389 e. The fraction of sp³-hybridized carbons (Fsp3) is 0.429. The van der Waals surface area contributed by atoms with Gasteiger partial charge in [0.2, 0.25) is 0 Å². The predicted molar refractivity (Wildman–Crippen MR) is 98.8 cm³/mol. The molecule has 4 nitrogen and oxygen atoms in total. The lowest BCUT2D eigenvalue weighted by molar-refractivity contribution is -0.127. The SMILES string of the molecule is CC(C)(N)[C@H](CC(=O)c1ccc(/C=C/C#CC2CC2)cc1)C(=O)CO. The van der Waals surface area contributed by atoms with Gasteiger partial charge in [-0.05, 0) is 44.4 Å². The summed E-state index contributed by atoms with van der Waals surface area (Å²) in [7, 11) is 0. The number of Topliss-reactive ketones (excluding diaryl/α,β-unsaturated/α-hetero) is 2. The van der Waals surface area contributed by atoms with Gasteiger partial charge in [-0.1, -0.05) is 36.1 Å². The second-order valence-electron chi connectivity index (χ2n) is 7.14. The molecule has 1 aromatic rings. The molecule has 0 unspecified atom stereocenters. The lowest BCUT2D eigenvalue weighted by Gasteiger charge is -2.28. The third-order valence-corrected chi connectivity index (χ3v) is 4.29. The minimum absolute atomic E-state index is 0.00898. The van der Waals surface area contributed by atoms with Gasteiger partial charge >= 0.3 is 0 Å². The minimum atomic E-state index is -0.863. The highest BCUT2D eigenvalue weighted by molar-refractivity contribution is 5.99. The van der Waals surface area contributed by atoms with Crippen LogP contribution >= 0.6 is 0 Å². The van der Waals surface area contributed by atoms with Crippen molar-refractivity contribution in [3.63, 3.8) is 0 Å². The number of hydrogen-bond donors (Lipinski definition) is 2. The zero-order chi connectivity index (χ0) is 18.4. The Morgan fingerprint density at radius 3 is 2.48 bits per heavy atom. The molecular formula is C21H25NO3. The van der Waals surface area contributed by atoms with Crippen LogP contribution in [0.4, 0.5) is 0 Å². The van der Waals surface area contributed by atoms with Gasteiger partial charge in [-0.3, -0.25) is 9.59 Å². The average molecular weight is 339 g/mol. The fourth-order valence-corrected chi connectivity index (χ4v) is 2.52. The van der Waals surface area contributed by atoms with Crippen molar-refractivity contribution in [1.82, 2.24) is 0 Å². The van der Waals surface area contributed by atoms with Crippen LogP contribution in [0.25, 0.3) is 6.08 Å². The second kappa shape index (κ2) is 8.24. The molecule has 1 fully saturated rings. The Kier molecular flexibility index (Phi) is 6.30. The van der Waals surface area contributed by atoms with E-state index in [4.69, 9.17) is 10.8 Å². The first-order valence-electron chi connectivity index (χ1n) is 8.54. The lowest BCUT2D eigenvalue weighted by Crippen LogP contribution is -2.46. The van der Waals surface area contributed by atoms with Crippen LogP contribution in [-0.2, 0) is 4.79 Å². The molecule has 4 heteroatoms. The Morgan fingerprint density at radius 2 is 1.96 bits per heavy atom. The Hall–Kier alpha value is -2.22. The first-order valence-corrected chi connectivity index (χ1v) is 8.54. The molecule has 0 aliphatic heterocycles. The Morgan fingerprint density at radius 1 is 1.32 bits per heavy atom. The number of carbonyl (C=O) groups excluding carboxylic acids is 2. The van der Waals surface area contributed by atoms with Crippen molar-refractivity contribution in [2.45, 2.75) is 38.6 Å². The summed E-state index contributed by atoms with van der Waals surface area (Å²) >= 11 is 0. The van der Waals surface area contributed by atoms with Gasteiger partial charge in [0.15, 0.2) is 11.6 Å². The molecule has 2 rings (SSSR count). The van der Waals surface area contributed by atoms with E-state index in [1.54, 1.807) is 26.0 Å². The molecule has 1 aromatic carbocycles. The Bertz CT molecular complexity index is 710. The molecule has 1 aliphatic rings. The van der Waals surface area contributed by atoms with Gasteiger partial charge in [-0.2, -0.15) is 0 Å². The van der Waals surface area contributed by atoms with Crippen molar-refractivity contribution in [2.75, 3.05) is 6.61 Å². The van der Waals surface area contributed by atoms with Crippen molar-refractivity contribution in [2.24, 2.45) is 17.6 Å². The maximum absolute atomic E-state index is 12.4. The summed E-state index contributed by atoms with van der Waals surface area (Å²) in [6, 6.07) is 7.17. The van der Waals surface area contributed by atoms with Gasteiger partial charge in [0.1, 0.15) is 6.61 Å². The molecule has 0 saturated heterocycles. The summed E-state index contributed by atoms with van der Waals surface area (Å²) in [4.78, 5) is 24.3. The van der Waals surface area contributed by atoms with E-state index in [1.807, 2.05) is 24.3 Å². The molecule has 0 amide bonds. The quantitative estimate of drug-likeness (QED) is 0.591. The maximum atomic E-state index is 12.4. The van der Waals surface area contributed by atoms with E-state index >= 15 is 0 Å². The van der Waals surface area contributed by atoms with Crippen LogP contribution in [0.3, 0.4) is 0 Å². The number of ketones is 2. The lowest BCUT2D eigenvalue weighted by atomic mass is 9.80. The summed E-state index contributed by atoms with van der Waals surface area (Å²) in [5.41, 5.74) is 6.62. The van der Waals surface area contributed by atoms with E-state index in [2.05, 4.69) is 11.8 Å². The first-order chi connectivity index (χ1) is 11.8. The molecule has 0 aromatic heterocycles. The number of benzene rings is 1. The summed E-state index contributed by atoms with van der Waals surface area (Å²) in [6.45, 7) is 2.77. The molecule has 1 saturated carbocycles. The van der Waals surface area contributed by atoms with Gasteiger partial charge in [0.05, 0.1) is 0 Å². The number of aliphatic hydroxyl groups excluding tert-OH is 1. The van der Waals surface area contributed by atoms with Crippen LogP contribution in [0.2, 0.25) is 0 Å². The zero-order valence-corrected chi connectivity index (χ0v) is 14.8. The van der Waals surface area contributed by atoms with Crippen LogP contribution in [-0.4, -0.2) is 28.8 Å². The molecule has 25 heavy (non-hydrogen) atoms. The highest BCUT2D eigenvalue weighted by Crippen LogP contribution is 2.27. The minimum Gasteiger partial charge on any atom is -0.389 e. The van der Waals surface area contributed by atoms with Gasteiger partial charge in [0, 0.05) is 29.4 Å². The number of aliphatic hydroxyl groups is 1. The normalized spacial score (nSPS) is 15.5. The molecule has 0 radical (unpaired) electrons. The van der Waals surface area contributed by atoms with Crippen molar-refractivity contribution < 1.29 is 14.7 Å². The summed E-state index contributed by atoms with van der Waals surface area (Å²) in [5.74, 6) is 5.48. The number of carbonyl (C=O) groups is 2. The van der Waals surface area contributed by atoms with E-state index in [9.17, 15) is 9.59 Å². The highest BCUT2D eigenvalue weighted by atomic mass is 16.3. The van der Waals surface area contributed by atoms with Crippen LogP contribution in [0.1, 0.15) is 49.0 Å². The van der Waals surface area contributed by atoms with Crippen molar-refractivity contribution >= 4 is 17.6 Å². The zero-order valence-electron chi connectivity index (χ0n) is 14.8. The van der Waals surface area contributed by atoms with Gasteiger partial charge < -0.3 is 10.8 Å². The molecule has 0 spiro atoms. The van der Waals surface area contributed by atoms with E-state index in [0.717, 1.165) is 5.56 Å². The molecule has 1 atom stereocenters. The molecule has 0 bridgehead atoms. The van der Waals surface area contributed by atoms with Gasteiger partial charge in [-0.25, -0.2) is 0 Å². The van der Waals surface area contributed by atoms with E-state index in [-0.39, 0.29) is 12.2 Å². The topological polar surface area (TPSA) is 80.4 Å². The van der Waals surface area contributed by atoms with E-state index < -0.39 is 23.8 Å². The summed E-state index contributed by atoms with van der Waals surface area (Å²) in [5, 5.41) is 9.09. The molecule has 0 heterocycles. The molecule has 3 N–H and O–H groups in total. The number of nitrogens with two attached hydrogens (primary N) is 1. The first kappa shape index (κ1) is 19.1. The van der Waals surface area contributed by atoms with Gasteiger partial charge in [-0.15, -0.1) is 0 Å². The standard InChI is InChI=1S/C21H25NO3/c1-21(2,22)18(20(25)14-23)13-19(24)17-11-9-16(10-12-17)6-4-3-5-15-7-8-15/h4,6,9-12,15,18,23H,7-8,13-14,22H2,1-2H3/b6-4+/t18-/m1/s1. The number of rotatable bonds is 7. The fourth-order valence-electron chi connectivity index (χ4n) is 2.52. The smallest absolute Gasteiger partial charge is 0.163 e. The third kappa shape index (κ3) is 5.97. The number of hydrogen-bond acceptors (Lipinski definition) is 4. The van der Waals surface area contributed by atoms with Crippen LogP contribution < -0.4 is 5.73 Å². The van der Waals surface area contributed by atoms with Crippen LogP contribution in [0.15, 0.2) is 30.3 Å². The molecule has 132 valence electrons. The number of allylic oxidation sites excluding steroid dienone is 1. The van der Waals surface area contributed by atoms with Crippen LogP contribution in [0.5, 0.6) is 0 Å². The van der Waals surface area contributed by atoms with E-state index in [1.165, 1.54) is 12.8 Å². The second-order valence-corrected chi connectivity index (χ2v) is 7.14. The summed E-state index contributed by atoms with van der Waals surface area (Å²) in [6.07, 6.45) is 6.13. The van der Waals surface area contributed by atoms with Crippen molar-refractivity contribution in [3.8, 4) is 11.8 Å². The van der Waals surface area contributed by atoms with Gasteiger partial charge in [0.25, 0.3) is 0 Å². The monoisotopic (exact) mass is 339 g/mol. The van der Waals surface area contributed by atoms with E-state index in [0.29, 0.717) is 11.5 Å². The van der Waals surface area contributed by atoms with Crippen molar-refractivity contribution in [1.29, 1.82) is 0 Å².